The highest BCUT2D eigenvalue weighted by Gasteiger charge is 2.37. The summed E-state index contributed by atoms with van der Waals surface area (Å²) in [6, 6.07) is 1.29. The maximum absolute atomic E-state index is 12.9. The van der Waals surface area contributed by atoms with Gasteiger partial charge in [-0.05, 0) is 50.2 Å². The van der Waals surface area contributed by atoms with Crippen molar-refractivity contribution in [1.29, 1.82) is 0 Å². The molecule has 0 amide bonds. The van der Waals surface area contributed by atoms with Crippen LogP contribution in [0.25, 0.3) is 0 Å². The molecular weight excluding hydrogens is 322 g/mol. The third-order valence-electron chi connectivity index (χ3n) is 4.01. The first kappa shape index (κ1) is 18.1. The average molecular weight is 340 g/mol. The van der Waals surface area contributed by atoms with E-state index in [1.807, 2.05) is 4.90 Å². The molecule has 0 spiro atoms. The van der Waals surface area contributed by atoms with Gasteiger partial charge in [-0.2, -0.15) is 26.3 Å². The number of benzene rings is 1. The zero-order valence-corrected chi connectivity index (χ0v) is 12.6. The molecule has 1 atom stereocenters. The van der Waals surface area contributed by atoms with Gasteiger partial charge in [-0.1, -0.05) is 0 Å². The van der Waals surface area contributed by atoms with Crippen LogP contribution < -0.4 is 5.32 Å². The Morgan fingerprint density at radius 1 is 0.913 bits per heavy atom. The molecule has 130 valence electrons. The fourth-order valence-corrected chi connectivity index (χ4v) is 2.68. The molecule has 1 aromatic rings. The summed E-state index contributed by atoms with van der Waals surface area (Å²) in [5, 5.41) is 3.15. The highest BCUT2D eigenvalue weighted by molar-refractivity contribution is 5.35. The van der Waals surface area contributed by atoms with Crippen molar-refractivity contribution in [1.82, 2.24) is 10.2 Å². The summed E-state index contributed by atoms with van der Waals surface area (Å²) in [6.45, 7) is 4.31. The second kappa shape index (κ2) is 6.68. The van der Waals surface area contributed by atoms with Gasteiger partial charge >= 0.3 is 12.4 Å². The van der Waals surface area contributed by atoms with Gasteiger partial charge in [0.05, 0.1) is 11.1 Å². The molecule has 1 N–H and O–H groups in total. The number of halogens is 6. The monoisotopic (exact) mass is 340 g/mol. The molecule has 2 rings (SSSR count). The topological polar surface area (TPSA) is 15.3 Å². The van der Waals surface area contributed by atoms with E-state index in [2.05, 4.69) is 5.32 Å². The fourth-order valence-electron chi connectivity index (χ4n) is 2.68. The van der Waals surface area contributed by atoms with Crippen molar-refractivity contribution in [3.8, 4) is 0 Å². The van der Waals surface area contributed by atoms with E-state index < -0.39 is 29.5 Å². The molecule has 1 aliphatic rings. The van der Waals surface area contributed by atoms with Crippen molar-refractivity contribution in [3.63, 3.8) is 0 Å². The summed E-state index contributed by atoms with van der Waals surface area (Å²) in [5.74, 6) is 0. The van der Waals surface area contributed by atoms with E-state index in [0.717, 1.165) is 25.1 Å². The quantitative estimate of drug-likeness (QED) is 0.816. The number of alkyl halides is 6. The van der Waals surface area contributed by atoms with Crippen LogP contribution in [0.1, 0.15) is 36.1 Å². The van der Waals surface area contributed by atoms with E-state index in [4.69, 9.17) is 0 Å². The Kier molecular flexibility index (Phi) is 5.25. The lowest BCUT2D eigenvalue weighted by Gasteiger charge is -2.28. The first-order valence-electron chi connectivity index (χ1n) is 7.33. The normalized spacial score (nSPS) is 19.4. The van der Waals surface area contributed by atoms with E-state index in [-0.39, 0.29) is 11.6 Å². The smallest absolute Gasteiger partial charge is 0.315 e. The number of nitrogens with zero attached hydrogens (tertiary/aromatic N) is 1. The molecule has 0 saturated carbocycles. The van der Waals surface area contributed by atoms with Crippen LogP contribution in [0, 0.1) is 0 Å². The van der Waals surface area contributed by atoms with E-state index >= 15 is 0 Å². The van der Waals surface area contributed by atoms with E-state index in [1.165, 1.54) is 0 Å². The van der Waals surface area contributed by atoms with E-state index in [0.29, 0.717) is 19.6 Å². The predicted octanol–water partition coefficient (Wildman–Crippen LogP) is 4.08. The Balaban J connectivity index is 2.39. The maximum atomic E-state index is 12.9. The van der Waals surface area contributed by atoms with Gasteiger partial charge in [-0.15, -0.1) is 0 Å². The Bertz CT molecular complexity index is 497. The van der Waals surface area contributed by atoms with Crippen LogP contribution in [0.4, 0.5) is 26.3 Å². The largest absolute Gasteiger partial charge is 0.416 e. The van der Waals surface area contributed by atoms with Gasteiger partial charge < -0.3 is 5.32 Å². The van der Waals surface area contributed by atoms with Crippen LogP contribution in [0.15, 0.2) is 18.2 Å². The summed E-state index contributed by atoms with van der Waals surface area (Å²) in [5.41, 5.74) is -2.49. The molecule has 0 aromatic heterocycles. The van der Waals surface area contributed by atoms with Crippen molar-refractivity contribution in [2.75, 3.05) is 26.2 Å². The first-order chi connectivity index (χ1) is 10.6. The third-order valence-corrected chi connectivity index (χ3v) is 4.01. The fraction of sp³-hybridized carbons (Fsp3) is 0.600. The molecule has 1 fully saturated rings. The summed E-state index contributed by atoms with van der Waals surface area (Å²) in [7, 11) is 0. The molecule has 1 heterocycles. The summed E-state index contributed by atoms with van der Waals surface area (Å²) < 4.78 is 77.5. The Hall–Kier alpha value is -1.28. The van der Waals surface area contributed by atoms with Gasteiger partial charge in [0, 0.05) is 19.1 Å². The molecule has 23 heavy (non-hydrogen) atoms. The van der Waals surface area contributed by atoms with Crippen molar-refractivity contribution >= 4 is 0 Å². The molecule has 1 unspecified atom stereocenters. The van der Waals surface area contributed by atoms with Crippen LogP contribution in [0.5, 0.6) is 0 Å². The zero-order valence-electron chi connectivity index (χ0n) is 12.6. The van der Waals surface area contributed by atoms with Gasteiger partial charge in [0.2, 0.25) is 0 Å². The van der Waals surface area contributed by atoms with Gasteiger partial charge in [0.25, 0.3) is 0 Å². The highest BCUT2D eigenvalue weighted by atomic mass is 19.4. The number of rotatable bonds is 2. The first-order valence-corrected chi connectivity index (χ1v) is 7.33. The molecule has 8 heteroatoms. The average Bonchev–Trinajstić information content (AvgIpc) is 2.73. The van der Waals surface area contributed by atoms with Crippen LogP contribution in [0.3, 0.4) is 0 Å². The summed E-state index contributed by atoms with van der Waals surface area (Å²) in [4.78, 5) is 1.90. The third kappa shape index (κ3) is 4.60. The maximum Gasteiger partial charge on any atom is 0.416 e. The van der Waals surface area contributed by atoms with Crippen LogP contribution in [-0.4, -0.2) is 31.1 Å². The zero-order chi connectivity index (χ0) is 17.3. The van der Waals surface area contributed by atoms with Crippen molar-refractivity contribution in [2.45, 2.75) is 31.7 Å². The molecule has 0 radical (unpaired) electrons. The molecule has 1 saturated heterocycles. The molecule has 0 bridgehead atoms. The van der Waals surface area contributed by atoms with Gasteiger partial charge in [-0.25, -0.2) is 0 Å². The number of nitrogens with one attached hydrogen (secondary N) is 1. The summed E-state index contributed by atoms with van der Waals surface area (Å²) in [6.07, 6.45) is -8.82. The lowest BCUT2D eigenvalue weighted by atomic mass is 9.99. The second-order valence-corrected chi connectivity index (χ2v) is 5.65. The van der Waals surface area contributed by atoms with Gasteiger partial charge in [0.1, 0.15) is 0 Å². The van der Waals surface area contributed by atoms with Crippen LogP contribution >= 0.6 is 0 Å². The van der Waals surface area contributed by atoms with Crippen molar-refractivity contribution in [3.05, 3.63) is 34.9 Å². The summed E-state index contributed by atoms with van der Waals surface area (Å²) >= 11 is 0. The Morgan fingerprint density at radius 3 is 2.00 bits per heavy atom. The minimum Gasteiger partial charge on any atom is -0.315 e. The predicted molar refractivity (Wildman–Crippen MR) is 73.9 cm³/mol. The molecular formula is C15H18F6N2. The van der Waals surface area contributed by atoms with E-state index in [1.54, 1.807) is 6.92 Å². The molecule has 0 aliphatic carbocycles. The lowest BCUT2D eigenvalue weighted by Crippen LogP contribution is -2.31. The molecule has 2 nitrogen and oxygen atoms in total. The molecule has 1 aromatic carbocycles. The second-order valence-electron chi connectivity index (χ2n) is 5.65. The minimum atomic E-state index is -4.81. The van der Waals surface area contributed by atoms with Crippen LogP contribution in [-0.2, 0) is 12.4 Å². The standard InChI is InChI=1S/C15H18F6N2/c1-10(23-5-2-3-22-4-6-23)11-7-12(14(16,17)18)9-13(8-11)15(19,20)21/h7-10,22H,2-6H2,1H3. The van der Waals surface area contributed by atoms with Crippen LogP contribution in [0.2, 0.25) is 0 Å². The molecule has 1 aliphatic heterocycles. The highest BCUT2D eigenvalue weighted by Crippen LogP contribution is 2.38. The lowest BCUT2D eigenvalue weighted by molar-refractivity contribution is -0.143. The van der Waals surface area contributed by atoms with Gasteiger partial charge in [-0.3, -0.25) is 4.90 Å². The van der Waals surface area contributed by atoms with Gasteiger partial charge in [0.15, 0.2) is 0 Å². The number of hydrogen-bond donors (Lipinski definition) is 1. The minimum absolute atomic E-state index is 0.0362. The SMILES string of the molecule is CC(c1cc(C(F)(F)F)cc(C(F)(F)F)c1)N1CCCNCC1. The Labute approximate surface area is 130 Å². The number of hydrogen-bond acceptors (Lipinski definition) is 2. The van der Waals surface area contributed by atoms with Crippen molar-refractivity contribution in [2.24, 2.45) is 0 Å². The van der Waals surface area contributed by atoms with E-state index in [9.17, 15) is 26.3 Å². The Morgan fingerprint density at radius 2 is 1.48 bits per heavy atom. The van der Waals surface area contributed by atoms with Crippen molar-refractivity contribution < 1.29 is 26.3 Å².